The predicted molar refractivity (Wildman–Crippen MR) is 81.3 cm³/mol. The highest BCUT2D eigenvalue weighted by Crippen LogP contribution is 2.35. The molecule has 0 atom stereocenters. The fraction of sp³-hybridized carbons (Fsp3) is 0.0667. The van der Waals surface area contributed by atoms with E-state index >= 15 is 0 Å². The first-order valence-electron chi connectivity index (χ1n) is 6.71. The zero-order valence-corrected chi connectivity index (χ0v) is 11.7. The van der Waals surface area contributed by atoms with Gasteiger partial charge >= 0.3 is 0 Å². The molecule has 7 heteroatoms. The van der Waals surface area contributed by atoms with E-state index in [9.17, 15) is 0 Å². The molecule has 108 valence electrons. The number of pyridine rings is 1. The highest BCUT2D eigenvalue weighted by molar-refractivity contribution is 5.96. The second-order valence-electron chi connectivity index (χ2n) is 4.77. The lowest BCUT2D eigenvalue weighted by molar-refractivity contribution is 0.416. The number of ether oxygens (including phenoxy) is 1. The van der Waals surface area contributed by atoms with Gasteiger partial charge in [-0.15, -0.1) is 5.10 Å². The van der Waals surface area contributed by atoms with Gasteiger partial charge in [0.15, 0.2) is 5.82 Å². The van der Waals surface area contributed by atoms with Gasteiger partial charge in [0.25, 0.3) is 0 Å². The molecule has 7 nitrogen and oxygen atoms in total. The van der Waals surface area contributed by atoms with Crippen molar-refractivity contribution < 1.29 is 4.74 Å². The van der Waals surface area contributed by atoms with Crippen LogP contribution < -0.4 is 4.74 Å². The number of aromatic amines is 2. The van der Waals surface area contributed by atoms with E-state index in [1.54, 1.807) is 13.3 Å². The van der Waals surface area contributed by atoms with Gasteiger partial charge in [0, 0.05) is 34.5 Å². The van der Waals surface area contributed by atoms with E-state index in [0.29, 0.717) is 5.82 Å². The minimum absolute atomic E-state index is 0.585. The van der Waals surface area contributed by atoms with Crippen molar-refractivity contribution in [2.24, 2.45) is 0 Å². The van der Waals surface area contributed by atoms with Crippen LogP contribution in [0.1, 0.15) is 0 Å². The summed E-state index contributed by atoms with van der Waals surface area (Å²) < 4.78 is 5.45. The normalized spacial score (nSPS) is 11.0. The molecule has 0 radical (unpaired) electrons. The molecule has 0 fully saturated rings. The van der Waals surface area contributed by atoms with E-state index in [1.807, 2.05) is 36.5 Å². The highest BCUT2D eigenvalue weighted by Gasteiger charge is 2.13. The van der Waals surface area contributed by atoms with Gasteiger partial charge in [-0.25, -0.2) is 10.1 Å². The van der Waals surface area contributed by atoms with Crippen molar-refractivity contribution in [2.75, 3.05) is 7.11 Å². The first kappa shape index (κ1) is 12.5. The molecule has 0 aliphatic heterocycles. The van der Waals surface area contributed by atoms with Crippen LogP contribution in [-0.2, 0) is 0 Å². The summed E-state index contributed by atoms with van der Waals surface area (Å²) >= 11 is 0. The molecule has 0 saturated heterocycles. The monoisotopic (exact) mass is 292 g/mol. The van der Waals surface area contributed by atoms with Crippen LogP contribution >= 0.6 is 0 Å². The third-order valence-electron chi connectivity index (χ3n) is 3.55. The molecule has 0 amide bonds. The number of nitrogens with one attached hydrogen (secondary N) is 2. The minimum Gasteiger partial charge on any atom is -0.496 e. The highest BCUT2D eigenvalue weighted by atomic mass is 16.5. The van der Waals surface area contributed by atoms with Crippen molar-refractivity contribution >= 4 is 11.0 Å². The third-order valence-corrected chi connectivity index (χ3v) is 3.55. The average Bonchev–Trinajstić information content (AvgIpc) is 3.23. The smallest absolute Gasteiger partial charge is 0.180 e. The lowest BCUT2D eigenvalue weighted by atomic mass is 10.0. The van der Waals surface area contributed by atoms with Crippen LogP contribution in [0.2, 0.25) is 0 Å². The summed E-state index contributed by atoms with van der Waals surface area (Å²) in [6.45, 7) is 0. The van der Waals surface area contributed by atoms with Gasteiger partial charge in [-0.05, 0) is 22.6 Å². The molecule has 0 saturated carbocycles. The maximum Gasteiger partial charge on any atom is 0.180 e. The second-order valence-corrected chi connectivity index (χ2v) is 4.77. The van der Waals surface area contributed by atoms with Crippen LogP contribution in [0.3, 0.4) is 0 Å². The number of hydrogen-bond donors (Lipinski definition) is 2. The standard InChI is InChI=1S/C15H12N6O/c1-22-13-5-3-2-4-10(13)12-8-17-15-11(12)6-9(7-16-15)14-18-20-21-19-14/h2-8H,1H3,(H,16,17)(H,18,19,20,21). The zero-order chi connectivity index (χ0) is 14.9. The van der Waals surface area contributed by atoms with E-state index < -0.39 is 0 Å². The lowest BCUT2D eigenvalue weighted by Gasteiger charge is -2.07. The SMILES string of the molecule is COc1ccccc1-c1c[nH]c2ncc(-c3nnn[nH]3)cc12. The molecule has 0 aliphatic carbocycles. The Hall–Kier alpha value is -3.22. The Kier molecular flexibility index (Phi) is 2.82. The summed E-state index contributed by atoms with van der Waals surface area (Å²) in [4.78, 5) is 7.61. The Labute approximate surface area is 125 Å². The number of para-hydroxylation sites is 1. The van der Waals surface area contributed by atoms with E-state index in [2.05, 4.69) is 30.6 Å². The van der Waals surface area contributed by atoms with E-state index in [1.165, 1.54) is 0 Å². The number of H-pyrrole nitrogens is 2. The molecular weight excluding hydrogens is 280 g/mol. The molecule has 3 aromatic heterocycles. The van der Waals surface area contributed by atoms with Gasteiger partial charge in [0.05, 0.1) is 7.11 Å². The van der Waals surface area contributed by atoms with Gasteiger partial charge in [-0.1, -0.05) is 18.2 Å². The van der Waals surface area contributed by atoms with Crippen LogP contribution in [0.4, 0.5) is 0 Å². The number of fused-ring (bicyclic) bond motifs is 1. The number of aromatic nitrogens is 6. The Morgan fingerprint density at radius 1 is 1.14 bits per heavy atom. The average molecular weight is 292 g/mol. The zero-order valence-electron chi connectivity index (χ0n) is 11.7. The summed E-state index contributed by atoms with van der Waals surface area (Å²) in [5, 5.41) is 14.8. The Bertz CT molecular complexity index is 928. The number of nitrogens with zero attached hydrogens (tertiary/aromatic N) is 4. The number of methoxy groups -OCH3 is 1. The summed E-state index contributed by atoms with van der Waals surface area (Å²) in [6.07, 6.45) is 3.66. The first-order valence-corrected chi connectivity index (χ1v) is 6.71. The second kappa shape index (κ2) is 4.96. The maximum absolute atomic E-state index is 5.45. The molecule has 0 unspecified atom stereocenters. The van der Waals surface area contributed by atoms with Crippen molar-refractivity contribution in [3.8, 4) is 28.3 Å². The molecule has 0 spiro atoms. The molecule has 4 aromatic rings. The van der Waals surface area contributed by atoms with Crippen LogP contribution in [0.5, 0.6) is 5.75 Å². The number of rotatable bonds is 3. The van der Waals surface area contributed by atoms with Crippen molar-refractivity contribution in [3.63, 3.8) is 0 Å². The Balaban J connectivity index is 1.93. The fourth-order valence-electron chi connectivity index (χ4n) is 2.50. The quantitative estimate of drug-likeness (QED) is 0.605. The van der Waals surface area contributed by atoms with Gasteiger partial charge in [-0.2, -0.15) is 0 Å². The molecule has 0 aliphatic rings. The van der Waals surface area contributed by atoms with Crippen molar-refractivity contribution in [3.05, 3.63) is 42.7 Å². The van der Waals surface area contributed by atoms with Gasteiger partial charge in [0.1, 0.15) is 11.4 Å². The van der Waals surface area contributed by atoms with Crippen LogP contribution in [0, 0.1) is 0 Å². The Morgan fingerprint density at radius 3 is 2.86 bits per heavy atom. The van der Waals surface area contributed by atoms with E-state index in [4.69, 9.17) is 4.74 Å². The summed E-state index contributed by atoms with van der Waals surface area (Å²) in [7, 11) is 1.66. The fourth-order valence-corrected chi connectivity index (χ4v) is 2.50. The molecule has 2 N–H and O–H groups in total. The molecule has 1 aromatic carbocycles. The van der Waals surface area contributed by atoms with Crippen LogP contribution in [0.25, 0.3) is 33.5 Å². The van der Waals surface area contributed by atoms with Gasteiger partial charge < -0.3 is 9.72 Å². The minimum atomic E-state index is 0.585. The number of hydrogen-bond acceptors (Lipinski definition) is 5. The van der Waals surface area contributed by atoms with Crippen molar-refractivity contribution in [1.82, 2.24) is 30.6 Å². The molecule has 0 bridgehead atoms. The summed E-state index contributed by atoms with van der Waals surface area (Å²) in [5.74, 6) is 1.40. The van der Waals surface area contributed by atoms with Gasteiger partial charge in [0.2, 0.25) is 0 Å². The Morgan fingerprint density at radius 2 is 2.05 bits per heavy atom. The van der Waals surface area contributed by atoms with Crippen molar-refractivity contribution in [2.45, 2.75) is 0 Å². The predicted octanol–water partition coefficient (Wildman–Crippen LogP) is 2.42. The largest absolute Gasteiger partial charge is 0.496 e. The van der Waals surface area contributed by atoms with Crippen LogP contribution in [0.15, 0.2) is 42.7 Å². The number of tetrazole rings is 1. The van der Waals surface area contributed by atoms with E-state index in [0.717, 1.165) is 33.5 Å². The third kappa shape index (κ3) is 1.91. The maximum atomic E-state index is 5.45. The van der Waals surface area contributed by atoms with Gasteiger partial charge in [-0.3, -0.25) is 0 Å². The number of benzene rings is 1. The van der Waals surface area contributed by atoms with E-state index in [-0.39, 0.29) is 0 Å². The molecule has 22 heavy (non-hydrogen) atoms. The van der Waals surface area contributed by atoms with Crippen LogP contribution in [-0.4, -0.2) is 37.7 Å². The molecule has 3 heterocycles. The summed E-state index contributed by atoms with van der Waals surface area (Å²) in [5.41, 5.74) is 3.66. The lowest BCUT2D eigenvalue weighted by Crippen LogP contribution is -1.87. The summed E-state index contributed by atoms with van der Waals surface area (Å²) in [6, 6.07) is 9.88. The molecule has 4 rings (SSSR count). The topological polar surface area (TPSA) is 92.4 Å². The van der Waals surface area contributed by atoms with Crippen molar-refractivity contribution in [1.29, 1.82) is 0 Å². The first-order chi connectivity index (χ1) is 10.9. The molecular formula is C15H12N6O.